The summed E-state index contributed by atoms with van der Waals surface area (Å²) in [5.41, 5.74) is 1.51. The number of rotatable bonds is 2. The van der Waals surface area contributed by atoms with Gasteiger partial charge in [0.1, 0.15) is 0 Å². The van der Waals surface area contributed by atoms with Crippen molar-refractivity contribution in [2.45, 2.75) is 25.9 Å². The molecule has 0 aromatic carbocycles. The zero-order valence-electron chi connectivity index (χ0n) is 8.41. The van der Waals surface area contributed by atoms with Crippen molar-refractivity contribution in [1.82, 2.24) is 5.32 Å². The van der Waals surface area contributed by atoms with Crippen LogP contribution in [0, 0.1) is 0 Å². The van der Waals surface area contributed by atoms with Crippen molar-refractivity contribution in [2.24, 2.45) is 4.99 Å². The number of aliphatic imine (C=N–C) groups is 1. The molecule has 0 unspecified atom stereocenters. The van der Waals surface area contributed by atoms with Crippen molar-refractivity contribution in [3.8, 4) is 0 Å². The van der Waals surface area contributed by atoms with Gasteiger partial charge in [-0.2, -0.15) is 11.3 Å². The van der Waals surface area contributed by atoms with E-state index in [1.807, 2.05) is 11.8 Å². The summed E-state index contributed by atoms with van der Waals surface area (Å²) in [4.78, 5) is 4.54. The second-order valence-electron chi connectivity index (χ2n) is 4.05. The van der Waals surface area contributed by atoms with E-state index in [9.17, 15) is 0 Å². The topological polar surface area (TPSA) is 24.4 Å². The van der Waals surface area contributed by atoms with Crippen LogP contribution in [0.4, 0.5) is 0 Å². The molecule has 1 aliphatic heterocycles. The normalized spacial score (nSPS) is 22.6. The van der Waals surface area contributed by atoms with Gasteiger partial charge in [0.05, 0.1) is 6.54 Å². The third-order valence-corrected chi connectivity index (χ3v) is 4.10. The summed E-state index contributed by atoms with van der Waals surface area (Å²) in [6, 6.07) is 2.12. The molecule has 0 atom stereocenters. The Labute approximate surface area is 92.8 Å². The highest BCUT2D eigenvalue weighted by Gasteiger charge is 2.26. The predicted octanol–water partition coefficient (Wildman–Crippen LogP) is 2.72. The third-order valence-electron chi connectivity index (χ3n) is 2.00. The average molecular weight is 226 g/mol. The molecule has 0 bridgehead atoms. The second kappa shape index (κ2) is 3.95. The van der Waals surface area contributed by atoms with Crippen LogP contribution in [0.1, 0.15) is 19.4 Å². The first-order valence-electron chi connectivity index (χ1n) is 4.62. The minimum absolute atomic E-state index is 0.206. The van der Waals surface area contributed by atoms with E-state index in [1.165, 1.54) is 5.56 Å². The Balaban J connectivity index is 1.94. The van der Waals surface area contributed by atoms with E-state index in [-0.39, 0.29) is 5.54 Å². The average Bonchev–Trinajstić information content (AvgIpc) is 2.70. The van der Waals surface area contributed by atoms with E-state index in [0.717, 1.165) is 17.5 Å². The van der Waals surface area contributed by atoms with Gasteiger partial charge in [-0.15, -0.1) is 0 Å². The van der Waals surface area contributed by atoms with Gasteiger partial charge < -0.3 is 5.32 Å². The van der Waals surface area contributed by atoms with Crippen molar-refractivity contribution < 1.29 is 0 Å². The van der Waals surface area contributed by atoms with Gasteiger partial charge in [-0.1, -0.05) is 11.8 Å². The van der Waals surface area contributed by atoms with Gasteiger partial charge >= 0.3 is 0 Å². The van der Waals surface area contributed by atoms with Crippen LogP contribution in [-0.2, 0) is 6.54 Å². The lowest BCUT2D eigenvalue weighted by Crippen LogP contribution is -2.36. The van der Waals surface area contributed by atoms with Crippen LogP contribution in [0.5, 0.6) is 0 Å². The minimum Gasteiger partial charge on any atom is -0.359 e. The molecule has 4 heteroatoms. The van der Waals surface area contributed by atoms with Gasteiger partial charge in [0.15, 0.2) is 5.17 Å². The molecule has 0 radical (unpaired) electrons. The summed E-state index contributed by atoms with van der Waals surface area (Å²) in [5.74, 6) is 1.11. The molecular weight excluding hydrogens is 212 g/mol. The Kier molecular flexibility index (Phi) is 2.83. The van der Waals surface area contributed by atoms with Crippen LogP contribution in [0.2, 0.25) is 0 Å². The van der Waals surface area contributed by atoms with Gasteiger partial charge in [0, 0.05) is 11.3 Å². The molecule has 2 nitrogen and oxygen atoms in total. The Morgan fingerprint density at radius 2 is 2.43 bits per heavy atom. The molecule has 1 fully saturated rings. The lowest BCUT2D eigenvalue weighted by molar-refractivity contribution is 0.536. The largest absolute Gasteiger partial charge is 0.359 e. The number of nitrogens with zero attached hydrogens (tertiary/aromatic N) is 1. The lowest BCUT2D eigenvalue weighted by atomic mass is 10.1. The highest BCUT2D eigenvalue weighted by molar-refractivity contribution is 8.14. The van der Waals surface area contributed by atoms with Crippen LogP contribution in [0.15, 0.2) is 21.8 Å². The maximum absolute atomic E-state index is 4.54. The first-order valence-corrected chi connectivity index (χ1v) is 6.55. The fraction of sp³-hybridized carbons (Fsp3) is 0.500. The van der Waals surface area contributed by atoms with Crippen molar-refractivity contribution in [1.29, 1.82) is 0 Å². The first-order chi connectivity index (χ1) is 6.66. The zero-order chi connectivity index (χ0) is 10.0. The highest BCUT2D eigenvalue weighted by atomic mass is 32.2. The van der Waals surface area contributed by atoms with Crippen LogP contribution in [-0.4, -0.2) is 16.5 Å². The third kappa shape index (κ3) is 2.51. The fourth-order valence-corrected chi connectivity index (χ4v) is 2.98. The van der Waals surface area contributed by atoms with Crippen molar-refractivity contribution in [3.63, 3.8) is 0 Å². The SMILES string of the molecule is CC1(C)CSC(=NCc2ccsc2)N1. The molecule has 1 aromatic rings. The van der Waals surface area contributed by atoms with Crippen LogP contribution >= 0.6 is 23.1 Å². The lowest BCUT2D eigenvalue weighted by Gasteiger charge is -2.15. The van der Waals surface area contributed by atoms with Gasteiger partial charge in [0.2, 0.25) is 0 Å². The molecule has 2 rings (SSSR count). The van der Waals surface area contributed by atoms with E-state index in [4.69, 9.17) is 0 Å². The minimum atomic E-state index is 0.206. The van der Waals surface area contributed by atoms with Gasteiger partial charge in [0.25, 0.3) is 0 Å². The van der Waals surface area contributed by atoms with Crippen molar-refractivity contribution >= 4 is 28.3 Å². The van der Waals surface area contributed by atoms with Crippen molar-refractivity contribution in [2.75, 3.05) is 5.75 Å². The fourth-order valence-electron chi connectivity index (χ4n) is 1.24. The zero-order valence-corrected chi connectivity index (χ0v) is 10.0. The van der Waals surface area contributed by atoms with Gasteiger partial charge in [-0.05, 0) is 36.2 Å². The van der Waals surface area contributed by atoms with Crippen LogP contribution in [0.25, 0.3) is 0 Å². The molecule has 0 amide bonds. The molecule has 0 saturated carbocycles. The van der Waals surface area contributed by atoms with E-state index >= 15 is 0 Å². The molecule has 76 valence electrons. The number of thioether (sulfide) groups is 1. The van der Waals surface area contributed by atoms with E-state index in [0.29, 0.717) is 0 Å². The Morgan fingerprint density at radius 3 is 3.00 bits per heavy atom. The van der Waals surface area contributed by atoms with Gasteiger partial charge in [-0.25, -0.2) is 0 Å². The molecule has 1 aliphatic rings. The predicted molar refractivity (Wildman–Crippen MR) is 65.1 cm³/mol. The Hall–Kier alpha value is -0.480. The molecular formula is C10H14N2S2. The molecule has 0 spiro atoms. The molecule has 1 aromatic heterocycles. The highest BCUT2D eigenvalue weighted by Crippen LogP contribution is 2.22. The standard InChI is InChI=1S/C10H14N2S2/c1-10(2)7-14-9(12-10)11-5-8-3-4-13-6-8/h3-4,6H,5,7H2,1-2H3,(H,11,12). The first kappa shape index (κ1) is 10.1. The van der Waals surface area contributed by atoms with E-state index < -0.39 is 0 Å². The van der Waals surface area contributed by atoms with Crippen LogP contribution in [0.3, 0.4) is 0 Å². The molecule has 2 heterocycles. The number of hydrogen-bond donors (Lipinski definition) is 1. The quantitative estimate of drug-likeness (QED) is 0.838. The maximum Gasteiger partial charge on any atom is 0.157 e. The monoisotopic (exact) mass is 226 g/mol. The second-order valence-corrected chi connectivity index (χ2v) is 5.79. The summed E-state index contributed by atoms with van der Waals surface area (Å²) >= 11 is 3.54. The molecule has 0 aliphatic carbocycles. The molecule has 1 saturated heterocycles. The summed E-state index contributed by atoms with van der Waals surface area (Å²) in [6.45, 7) is 5.20. The summed E-state index contributed by atoms with van der Waals surface area (Å²) < 4.78 is 0. The maximum atomic E-state index is 4.54. The number of hydrogen-bond acceptors (Lipinski definition) is 3. The smallest absolute Gasteiger partial charge is 0.157 e. The number of amidine groups is 1. The summed E-state index contributed by atoms with van der Waals surface area (Å²) in [5, 5.41) is 8.73. The Morgan fingerprint density at radius 1 is 1.57 bits per heavy atom. The number of nitrogens with one attached hydrogen (secondary N) is 1. The van der Waals surface area contributed by atoms with Gasteiger partial charge in [-0.3, -0.25) is 4.99 Å². The number of thiophene rings is 1. The van der Waals surface area contributed by atoms with Crippen molar-refractivity contribution in [3.05, 3.63) is 22.4 Å². The Bertz CT molecular complexity index is 328. The molecule has 14 heavy (non-hydrogen) atoms. The molecule has 1 N–H and O–H groups in total. The van der Waals surface area contributed by atoms with E-state index in [1.54, 1.807) is 11.3 Å². The van der Waals surface area contributed by atoms with E-state index in [2.05, 4.69) is 41.0 Å². The summed E-state index contributed by atoms with van der Waals surface area (Å²) in [7, 11) is 0. The summed E-state index contributed by atoms with van der Waals surface area (Å²) in [6.07, 6.45) is 0. The van der Waals surface area contributed by atoms with Crippen LogP contribution < -0.4 is 5.32 Å².